The molecule has 1 saturated heterocycles. The van der Waals surface area contributed by atoms with E-state index in [9.17, 15) is 4.79 Å². The Bertz CT molecular complexity index is 764. The van der Waals surface area contributed by atoms with Gasteiger partial charge in [0.2, 0.25) is 0 Å². The summed E-state index contributed by atoms with van der Waals surface area (Å²) in [7, 11) is 0. The number of rotatable bonds is 4. The van der Waals surface area contributed by atoms with E-state index in [0.717, 1.165) is 66.1 Å². The van der Waals surface area contributed by atoms with Crippen LogP contribution in [0.2, 0.25) is 0 Å². The maximum Gasteiger partial charge on any atom is 0.267 e. The molecule has 7 heteroatoms. The second kappa shape index (κ2) is 6.37. The van der Waals surface area contributed by atoms with Crippen molar-refractivity contribution in [2.24, 2.45) is 5.92 Å². The van der Waals surface area contributed by atoms with Crippen LogP contribution in [0.5, 0.6) is 0 Å². The number of aryl methyl sites for hydroxylation is 2. The monoisotopic (exact) mass is 348 g/mol. The summed E-state index contributed by atoms with van der Waals surface area (Å²) >= 11 is 3.59. The van der Waals surface area contributed by atoms with Crippen LogP contribution in [0.1, 0.15) is 22.0 Å². The third kappa shape index (κ3) is 3.36. The summed E-state index contributed by atoms with van der Waals surface area (Å²) in [6, 6.07) is 1.79. The van der Waals surface area contributed by atoms with Gasteiger partial charge in [-0.1, -0.05) is 0 Å². The van der Waals surface area contributed by atoms with Gasteiger partial charge in [0, 0.05) is 49.2 Å². The highest BCUT2D eigenvalue weighted by atomic mass is 32.2. The van der Waals surface area contributed by atoms with Crippen LogP contribution >= 0.6 is 23.1 Å². The number of nitrogens with zero attached hydrogens (tertiary/aromatic N) is 4. The molecule has 0 bridgehead atoms. The summed E-state index contributed by atoms with van der Waals surface area (Å²) in [6.45, 7) is 5.76. The molecule has 4 heterocycles. The lowest BCUT2D eigenvalue weighted by Gasteiger charge is -2.38. The summed E-state index contributed by atoms with van der Waals surface area (Å²) in [6.07, 6.45) is 0.986. The zero-order chi connectivity index (χ0) is 15.8. The molecule has 0 spiro atoms. The molecule has 0 radical (unpaired) electrons. The third-order valence-corrected chi connectivity index (χ3v) is 6.25. The Morgan fingerprint density at radius 3 is 3.04 bits per heavy atom. The van der Waals surface area contributed by atoms with Gasteiger partial charge in [-0.3, -0.25) is 9.69 Å². The molecule has 4 rings (SSSR count). The molecule has 0 aliphatic carbocycles. The van der Waals surface area contributed by atoms with Gasteiger partial charge in [0.1, 0.15) is 0 Å². The molecule has 2 aliphatic heterocycles. The first kappa shape index (κ1) is 15.4. The molecule has 2 aromatic rings. The minimum atomic E-state index is 0.0554. The predicted molar refractivity (Wildman–Crippen MR) is 94.0 cm³/mol. The lowest BCUT2D eigenvalue weighted by atomic mass is 10.00. The number of hydrogen-bond donors (Lipinski definition) is 0. The first-order chi connectivity index (χ1) is 11.2. The van der Waals surface area contributed by atoms with Gasteiger partial charge in [-0.2, -0.15) is 16.9 Å². The fraction of sp³-hybridized carbons (Fsp3) is 0.562. The minimum absolute atomic E-state index is 0.0554. The van der Waals surface area contributed by atoms with Crippen molar-refractivity contribution in [2.75, 3.05) is 18.8 Å². The molecule has 122 valence electrons. The van der Waals surface area contributed by atoms with Crippen LogP contribution in [0.3, 0.4) is 0 Å². The topological polar surface area (TPSA) is 51.0 Å². The molecule has 2 aliphatic rings. The summed E-state index contributed by atoms with van der Waals surface area (Å²) in [5, 5.41) is 7.87. The molecule has 0 aromatic carbocycles. The van der Waals surface area contributed by atoms with Crippen molar-refractivity contribution in [3.05, 3.63) is 43.8 Å². The van der Waals surface area contributed by atoms with Crippen LogP contribution in [0, 0.1) is 12.8 Å². The van der Waals surface area contributed by atoms with Crippen LogP contribution < -0.4 is 5.56 Å². The number of thioether (sulfide) groups is 1. The predicted octanol–water partition coefficient (Wildman–Crippen LogP) is 1.93. The van der Waals surface area contributed by atoms with Gasteiger partial charge < -0.3 is 0 Å². The van der Waals surface area contributed by atoms with Crippen molar-refractivity contribution >= 4 is 23.1 Å². The second-order valence-corrected chi connectivity index (χ2v) is 8.52. The highest BCUT2D eigenvalue weighted by molar-refractivity contribution is 7.98. The Kier molecular flexibility index (Phi) is 4.26. The fourth-order valence-electron chi connectivity index (χ4n) is 3.26. The molecule has 1 fully saturated rings. The first-order valence-corrected chi connectivity index (χ1v) is 10.0. The average molecular weight is 348 g/mol. The Morgan fingerprint density at radius 1 is 1.39 bits per heavy atom. The standard InChI is InChI=1S/C16H20N4OS2/c1-11-17-14(10-23-11)8-19-5-12(6-19)7-20-16(21)4-13-9-22-3-2-15(13)18-20/h4,10,12H,2-3,5-9H2,1H3. The molecule has 0 atom stereocenters. The van der Waals surface area contributed by atoms with Gasteiger partial charge in [0.25, 0.3) is 5.56 Å². The van der Waals surface area contributed by atoms with Crippen LogP contribution in [-0.4, -0.2) is 38.5 Å². The van der Waals surface area contributed by atoms with Crippen molar-refractivity contribution in [3.8, 4) is 0 Å². The van der Waals surface area contributed by atoms with E-state index in [1.807, 2.05) is 18.7 Å². The highest BCUT2D eigenvalue weighted by Gasteiger charge is 2.28. The van der Waals surface area contributed by atoms with Crippen LogP contribution in [-0.2, 0) is 25.3 Å². The van der Waals surface area contributed by atoms with E-state index in [2.05, 4.69) is 20.4 Å². The van der Waals surface area contributed by atoms with Crippen LogP contribution in [0.4, 0.5) is 0 Å². The zero-order valence-corrected chi connectivity index (χ0v) is 14.8. The van der Waals surface area contributed by atoms with Gasteiger partial charge in [0.05, 0.1) is 22.9 Å². The Balaban J connectivity index is 1.36. The maximum atomic E-state index is 12.2. The number of aromatic nitrogens is 3. The lowest BCUT2D eigenvalue weighted by Crippen LogP contribution is -2.49. The lowest BCUT2D eigenvalue weighted by molar-refractivity contribution is 0.0754. The molecule has 2 aromatic heterocycles. The van der Waals surface area contributed by atoms with Crippen molar-refractivity contribution in [1.29, 1.82) is 0 Å². The third-order valence-electron chi connectivity index (χ3n) is 4.42. The smallest absolute Gasteiger partial charge is 0.267 e. The van der Waals surface area contributed by atoms with E-state index in [-0.39, 0.29) is 5.56 Å². The molecule has 5 nitrogen and oxygen atoms in total. The van der Waals surface area contributed by atoms with Gasteiger partial charge >= 0.3 is 0 Å². The summed E-state index contributed by atoms with van der Waals surface area (Å²) in [5.74, 6) is 2.57. The van der Waals surface area contributed by atoms with Gasteiger partial charge in [-0.15, -0.1) is 11.3 Å². The minimum Gasteiger partial charge on any atom is -0.297 e. The second-order valence-electron chi connectivity index (χ2n) is 6.36. The number of thiazole rings is 1. The van der Waals surface area contributed by atoms with Crippen molar-refractivity contribution in [2.45, 2.75) is 32.2 Å². The normalized spacial score (nSPS) is 18.7. The van der Waals surface area contributed by atoms with E-state index in [0.29, 0.717) is 5.92 Å². The van der Waals surface area contributed by atoms with Gasteiger partial charge in [0.15, 0.2) is 0 Å². The molecular formula is C16H20N4OS2. The summed E-state index contributed by atoms with van der Waals surface area (Å²) in [4.78, 5) is 19.1. The van der Waals surface area contributed by atoms with E-state index < -0.39 is 0 Å². The summed E-state index contributed by atoms with van der Waals surface area (Å²) in [5.41, 5.74) is 3.47. The van der Waals surface area contributed by atoms with E-state index >= 15 is 0 Å². The van der Waals surface area contributed by atoms with Crippen molar-refractivity contribution < 1.29 is 0 Å². The Hall–Kier alpha value is -1.18. The van der Waals surface area contributed by atoms with Crippen LogP contribution in [0.25, 0.3) is 0 Å². The number of hydrogen-bond acceptors (Lipinski definition) is 6. The van der Waals surface area contributed by atoms with Crippen molar-refractivity contribution in [1.82, 2.24) is 19.7 Å². The van der Waals surface area contributed by atoms with Crippen LogP contribution in [0.15, 0.2) is 16.2 Å². The Labute approximate surface area is 143 Å². The van der Waals surface area contributed by atoms with Gasteiger partial charge in [-0.25, -0.2) is 9.67 Å². The van der Waals surface area contributed by atoms with Gasteiger partial charge in [-0.05, 0) is 18.2 Å². The quantitative estimate of drug-likeness (QED) is 0.845. The SMILES string of the molecule is Cc1nc(CN2CC(Cn3nc4c(cc3=O)CSCC4)C2)cs1. The maximum absolute atomic E-state index is 12.2. The summed E-state index contributed by atoms with van der Waals surface area (Å²) < 4.78 is 1.68. The van der Waals surface area contributed by atoms with E-state index in [1.54, 1.807) is 22.1 Å². The largest absolute Gasteiger partial charge is 0.297 e. The van der Waals surface area contributed by atoms with E-state index in [4.69, 9.17) is 0 Å². The Morgan fingerprint density at radius 2 is 2.26 bits per heavy atom. The molecular weight excluding hydrogens is 328 g/mol. The first-order valence-electron chi connectivity index (χ1n) is 7.98. The molecule has 0 unspecified atom stereocenters. The van der Waals surface area contributed by atoms with E-state index in [1.165, 1.54) is 0 Å². The molecule has 23 heavy (non-hydrogen) atoms. The number of fused-ring (bicyclic) bond motifs is 1. The fourth-order valence-corrected chi connectivity index (χ4v) is 4.81. The molecule has 0 N–H and O–H groups in total. The van der Waals surface area contributed by atoms with Crippen molar-refractivity contribution in [3.63, 3.8) is 0 Å². The highest BCUT2D eigenvalue weighted by Crippen LogP contribution is 2.23. The average Bonchev–Trinajstić information content (AvgIpc) is 2.91. The molecule has 0 amide bonds. The number of likely N-dealkylation sites (tertiary alicyclic amines) is 1. The zero-order valence-electron chi connectivity index (χ0n) is 13.2. The molecule has 0 saturated carbocycles.